The highest BCUT2D eigenvalue weighted by atomic mass is 16.5. The molecule has 0 amide bonds. The molecule has 0 radical (unpaired) electrons. The van der Waals surface area contributed by atoms with Gasteiger partial charge in [-0.15, -0.1) is 0 Å². The SMILES string of the molecule is CCNC(=NCCc1ccco1)N1CCN(Cc2ccon2)CC1. The summed E-state index contributed by atoms with van der Waals surface area (Å²) in [6.45, 7) is 8.47. The Morgan fingerprint density at radius 1 is 1.25 bits per heavy atom. The first-order valence-electron chi connectivity index (χ1n) is 8.52. The maximum absolute atomic E-state index is 5.36. The zero-order valence-electron chi connectivity index (χ0n) is 14.1. The minimum Gasteiger partial charge on any atom is -0.469 e. The zero-order valence-corrected chi connectivity index (χ0v) is 14.1. The lowest BCUT2D eigenvalue weighted by molar-refractivity contribution is 0.169. The van der Waals surface area contributed by atoms with E-state index in [1.165, 1.54) is 0 Å². The average molecular weight is 331 g/mol. The predicted molar refractivity (Wildman–Crippen MR) is 91.7 cm³/mol. The third kappa shape index (κ3) is 4.61. The van der Waals surface area contributed by atoms with Gasteiger partial charge in [-0.2, -0.15) is 0 Å². The third-order valence-corrected chi connectivity index (χ3v) is 4.08. The monoisotopic (exact) mass is 331 g/mol. The first kappa shape index (κ1) is 16.6. The molecular weight excluding hydrogens is 306 g/mol. The Bertz CT molecular complexity index is 601. The third-order valence-electron chi connectivity index (χ3n) is 4.08. The van der Waals surface area contributed by atoms with Crippen molar-refractivity contribution >= 4 is 5.96 Å². The molecule has 3 rings (SSSR count). The van der Waals surface area contributed by atoms with E-state index in [9.17, 15) is 0 Å². The summed E-state index contributed by atoms with van der Waals surface area (Å²) in [5, 5.41) is 7.38. The van der Waals surface area contributed by atoms with Gasteiger partial charge in [0, 0.05) is 58.3 Å². The summed E-state index contributed by atoms with van der Waals surface area (Å²) in [7, 11) is 0. The average Bonchev–Trinajstić information content (AvgIpc) is 3.29. The molecule has 3 heterocycles. The van der Waals surface area contributed by atoms with E-state index in [0.717, 1.165) is 69.6 Å². The van der Waals surface area contributed by atoms with Crippen LogP contribution in [-0.2, 0) is 13.0 Å². The van der Waals surface area contributed by atoms with E-state index in [0.29, 0.717) is 0 Å². The van der Waals surface area contributed by atoms with Gasteiger partial charge in [-0.1, -0.05) is 5.16 Å². The fraction of sp³-hybridized carbons (Fsp3) is 0.529. The molecule has 0 aromatic carbocycles. The Morgan fingerprint density at radius 2 is 2.12 bits per heavy atom. The summed E-state index contributed by atoms with van der Waals surface area (Å²) in [6.07, 6.45) is 4.16. The minimum absolute atomic E-state index is 0.731. The van der Waals surface area contributed by atoms with Crippen LogP contribution in [0, 0.1) is 0 Å². The quantitative estimate of drug-likeness (QED) is 0.640. The molecule has 0 saturated carbocycles. The number of hydrogen-bond donors (Lipinski definition) is 1. The maximum atomic E-state index is 5.36. The molecule has 24 heavy (non-hydrogen) atoms. The summed E-state index contributed by atoms with van der Waals surface area (Å²) in [5.41, 5.74) is 0.988. The molecule has 0 unspecified atom stereocenters. The zero-order chi connectivity index (χ0) is 16.6. The maximum Gasteiger partial charge on any atom is 0.194 e. The van der Waals surface area contributed by atoms with Crippen LogP contribution in [0.5, 0.6) is 0 Å². The fourth-order valence-corrected chi connectivity index (χ4v) is 2.82. The van der Waals surface area contributed by atoms with Gasteiger partial charge >= 0.3 is 0 Å². The van der Waals surface area contributed by atoms with Crippen molar-refractivity contribution in [2.75, 3.05) is 39.3 Å². The van der Waals surface area contributed by atoms with Gasteiger partial charge in [0.15, 0.2) is 5.96 Å². The van der Waals surface area contributed by atoms with Crippen molar-refractivity contribution in [2.45, 2.75) is 19.9 Å². The standard InChI is InChI=1S/C17H25N5O2/c1-2-18-17(19-7-5-16-4-3-12-23-16)22-10-8-21(9-11-22)14-15-6-13-24-20-15/h3-4,6,12-13H,2,5,7-11,14H2,1H3,(H,18,19). The van der Waals surface area contributed by atoms with Gasteiger partial charge in [0.25, 0.3) is 0 Å². The lowest BCUT2D eigenvalue weighted by Gasteiger charge is -2.36. The Kier molecular flexibility index (Phi) is 5.90. The number of nitrogens with one attached hydrogen (secondary N) is 1. The fourth-order valence-electron chi connectivity index (χ4n) is 2.82. The van der Waals surface area contributed by atoms with E-state index in [4.69, 9.17) is 13.9 Å². The lowest BCUT2D eigenvalue weighted by Crippen LogP contribution is -2.52. The van der Waals surface area contributed by atoms with Crippen molar-refractivity contribution in [1.29, 1.82) is 0 Å². The van der Waals surface area contributed by atoms with Crippen LogP contribution in [0.15, 0.2) is 44.7 Å². The van der Waals surface area contributed by atoms with Gasteiger partial charge in [0.05, 0.1) is 12.0 Å². The molecule has 0 aliphatic carbocycles. The van der Waals surface area contributed by atoms with Gasteiger partial charge < -0.3 is 19.2 Å². The van der Waals surface area contributed by atoms with E-state index >= 15 is 0 Å². The second-order valence-corrected chi connectivity index (χ2v) is 5.82. The van der Waals surface area contributed by atoms with Crippen LogP contribution in [0.4, 0.5) is 0 Å². The molecule has 130 valence electrons. The Balaban J connectivity index is 1.49. The van der Waals surface area contributed by atoms with Crippen molar-refractivity contribution < 1.29 is 8.94 Å². The normalized spacial score (nSPS) is 16.5. The number of hydrogen-bond acceptors (Lipinski definition) is 5. The molecule has 2 aromatic rings. The largest absolute Gasteiger partial charge is 0.469 e. The van der Waals surface area contributed by atoms with E-state index < -0.39 is 0 Å². The van der Waals surface area contributed by atoms with Gasteiger partial charge in [-0.25, -0.2) is 0 Å². The summed E-state index contributed by atoms with van der Waals surface area (Å²) in [6, 6.07) is 5.83. The van der Waals surface area contributed by atoms with Crippen LogP contribution < -0.4 is 5.32 Å². The summed E-state index contributed by atoms with van der Waals surface area (Å²) in [4.78, 5) is 9.45. The number of piperazine rings is 1. The van der Waals surface area contributed by atoms with Gasteiger partial charge in [0.1, 0.15) is 12.0 Å². The highest BCUT2D eigenvalue weighted by Crippen LogP contribution is 2.08. The first-order chi connectivity index (χ1) is 11.8. The second-order valence-electron chi connectivity index (χ2n) is 5.82. The van der Waals surface area contributed by atoms with Gasteiger partial charge in [-0.3, -0.25) is 9.89 Å². The predicted octanol–water partition coefficient (Wildman–Crippen LogP) is 1.59. The lowest BCUT2D eigenvalue weighted by atomic mass is 10.3. The van der Waals surface area contributed by atoms with Crippen molar-refractivity contribution in [3.63, 3.8) is 0 Å². The smallest absolute Gasteiger partial charge is 0.194 e. The van der Waals surface area contributed by atoms with Crippen molar-refractivity contribution in [1.82, 2.24) is 20.3 Å². The van der Waals surface area contributed by atoms with Crippen molar-refractivity contribution in [2.24, 2.45) is 4.99 Å². The number of aromatic nitrogens is 1. The highest BCUT2D eigenvalue weighted by Gasteiger charge is 2.20. The van der Waals surface area contributed by atoms with Crippen LogP contribution in [-0.4, -0.2) is 60.2 Å². The summed E-state index contributed by atoms with van der Waals surface area (Å²) >= 11 is 0. The van der Waals surface area contributed by atoms with E-state index in [1.807, 2.05) is 18.2 Å². The molecule has 1 aliphatic rings. The van der Waals surface area contributed by atoms with Crippen LogP contribution in [0.3, 0.4) is 0 Å². The molecule has 1 aliphatic heterocycles. The number of guanidine groups is 1. The summed E-state index contributed by atoms with van der Waals surface area (Å²) < 4.78 is 10.3. The number of nitrogens with zero attached hydrogens (tertiary/aromatic N) is 4. The molecule has 7 heteroatoms. The molecule has 0 atom stereocenters. The molecule has 1 fully saturated rings. The molecular formula is C17H25N5O2. The van der Waals surface area contributed by atoms with Gasteiger partial charge in [0.2, 0.25) is 0 Å². The van der Waals surface area contributed by atoms with Crippen molar-refractivity contribution in [3.8, 4) is 0 Å². The van der Waals surface area contributed by atoms with E-state index in [2.05, 4.69) is 27.2 Å². The molecule has 2 aromatic heterocycles. The molecule has 1 N–H and O–H groups in total. The number of aliphatic imine (C=N–C) groups is 1. The van der Waals surface area contributed by atoms with Crippen molar-refractivity contribution in [3.05, 3.63) is 42.2 Å². The topological polar surface area (TPSA) is 70.0 Å². The number of rotatable bonds is 6. The second kappa shape index (κ2) is 8.54. The molecule has 0 spiro atoms. The van der Waals surface area contributed by atoms with Crippen LogP contribution in [0.1, 0.15) is 18.4 Å². The summed E-state index contributed by atoms with van der Waals surface area (Å²) in [5.74, 6) is 1.97. The highest BCUT2D eigenvalue weighted by molar-refractivity contribution is 5.80. The van der Waals surface area contributed by atoms with Crippen LogP contribution in [0.25, 0.3) is 0 Å². The number of furan rings is 1. The molecule has 7 nitrogen and oxygen atoms in total. The Hall–Kier alpha value is -2.28. The minimum atomic E-state index is 0.731. The first-order valence-corrected chi connectivity index (χ1v) is 8.52. The molecule has 1 saturated heterocycles. The van der Waals surface area contributed by atoms with E-state index in [1.54, 1.807) is 12.5 Å². The van der Waals surface area contributed by atoms with Gasteiger partial charge in [-0.05, 0) is 19.1 Å². The van der Waals surface area contributed by atoms with Crippen LogP contribution in [0.2, 0.25) is 0 Å². The Labute approximate surface area is 142 Å². The van der Waals surface area contributed by atoms with E-state index in [-0.39, 0.29) is 0 Å². The molecule has 0 bridgehead atoms. The Morgan fingerprint density at radius 3 is 2.79 bits per heavy atom. The van der Waals surface area contributed by atoms with Crippen LogP contribution >= 0.6 is 0 Å².